The molecule has 0 amide bonds. The van der Waals surface area contributed by atoms with Gasteiger partial charge < -0.3 is 14.8 Å². The average molecular weight is 359 g/mol. The van der Waals surface area contributed by atoms with Gasteiger partial charge >= 0.3 is 0 Å². The number of hydrogen-bond donors (Lipinski definition) is 1. The molecule has 1 N–H and O–H groups in total. The Bertz CT molecular complexity index is 721. The molecule has 0 radical (unpaired) electrons. The van der Waals surface area contributed by atoms with Crippen LogP contribution in [0.1, 0.15) is 16.2 Å². The van der Waals surface area contributed by atoms with Crippen molar-refractivity contribution in [2.75, 3.05) is 44.7 Å². The molecule has 0 bridgehead atoms. The first kappa shape index (κ1) is 17.8. The number of ether oxygens (including phenoxy) is 1. The molecule has 134 valence electrons. The lowest BCUT2D eigenvalue weighted by Crippen LogP contribution is -2.47. The molecule has 1 aromatic carbocycles. The van der Waals surface area contributed by atoms with Gasteiger partial charge in [0.2, 0.25) is 0 Å². The van der Waals surface area contributed by atoms with Crippen LogP contribution < -0.4 is 9.64 Å². The zero-order valence-corrected chi connectivity index (χ0v) is 15.6. The lowest BCUT2D eigenvalue weighted by molar-refractivity contribution is 0.262. The topological polar surface area (TPSA) is 48.3 Å². The van der Waals surface area contributed by atoms with Crippen molar-refractivity contribution >= 4 is 22.7 Å². The fourth-order valence-electron chi connectivity index (χ4n) is 3.18. The second kappa shape index (κ2) is 8.36. The van der Waals surface area contributed by atoms with E-state index in [0.29, 0.717) is 0 Å². The second-order valence-corrected chi connectivity index (χ2v) is 7.50. The first-order valence-corrected chi connectivity index (χ1v) is 9.41. The summed E-state index contributed by atoms with van der Waals surface area (Å²) >= 11 is 1.68. The van der Waals surface area contributed by atoms with Crippen LogP contribution in [-0.4, -0.2) is 55.7 Å². The maximum absolute atomic E-state index is 9.32. The van der Waals surface area contributed by atoms with E-state index >= 15 is 0 Å². The minimum Gasteiger partial charge on any atom is -0.495 e. The lowest BCUT2D eigenvalue weighted by Gasteiger charge is -2.36. The molecule has 1 saturated heterocycles. The van der Waals surface area contributed by atoms with Gasteiger partial charge in [0, 0.05) is 44.0 Å². The number of oxime groups is 1. The summed E-state index contributed by atoms with van der Waals surface area (Å²) in [5.74, 6) is 0.929. The molecule has 1 fully saturated rings. The van der Waals surface area contributed by atoms with Gasteiger partial charge in [0.05, 0.1) is 23.4 Å². The van der Waals surface area contributed by atoms with Crippen molar-refractivity contribution in [3.63, 3.8) is 0 Å². The third-order valence-corrected chi connectivity index (χ3v) is 5.66. The number of piperazine rings is 1. The third kappa shape index (κ3) is 4.32. The number of aryl methyl sites for hydroxylation is 1. The summed E-state index contributed by atoms with van der Waals surface area (Å²) in [6.45, 7) is 6.94. The Labute approximate surface area is 153 Å². The van der Waals surface area contributed by atoms with E-state index in [1.807, 2.05) is 18.2 Å². The maximum atomic E-state index is 9.32. The highest BCUT2D eigenvalue weighted by Crippen LogP contribution is 2.28. The Hall–Kier alpha value is -2.05. The van der Waals surface area contributed by atoms with Gasteiger partial charge in [0.1, 0.15) is 5.75 Å². The molecule has 0 saturated carbocycles. The zero-order valence-electron chi connectivity index (χ0n) is 14.8. The summed E-state index contributed by atoms with van der Waals surface area (Å²) in [5.41, 5.74) is 1.95. The average Bonchev–Trinajstić information content (AvgIpc) is 3.09. The Balaban J connectivity index is 1.52. The highest BCUT2D eigenvalue weighted by molar-refractivity contribution is 7.14. The summed E-state index contributed by atoms with van der Waals surface area (Å²) in [6, 6.07) is 12.3. The second-order valence-electron chi connectivity index (χ2n) is 6.21. The highest BCUT2D eigenvalue weighted by atomic mass is 32.1. The van der Waals surface area contributed by atoms with Crippen LogP contribution in [0.4, 0.5) is 5.69 Å². The molecular weight excluding hydrogens is 334 g/mol. The summed E-state index contributed by atoms with van der Waals surface area (Å²) in [4.78, 5) is 7.10. The lowest BCUT2D eigenvalue weighted by atomic mass is 10.2. The number of anilines is 1. The van der Waals surface area contributed by atoms with Gasteiger partial charge in [0.25, 0.3) is 0 Å². The first-order chi connectivity index (χ1) is 12.2. The molecule has 2 aromatic rings. The molecule has 1 aliphatic heterocycles. The van der Waals surface area contributed by atoms with Crippen molar-refractivity contribution in [2.45, 2.75) is 13.3 Å². The van der Waals surface area contributed by atoms with Gasteiger partial charge in [-0.3, -0.25) is 4.90 Å². The van der Waals surface area contributed by atoms with Gasteiger partial charge in [-0.25, -0.2) is 0 Å². The van der Waals surface area contributed by atoms with Crippen molar-refractivity contribution in [2.24, 2.45) is 5.16 Å². The summed E-state index contributed by atoms with van der Waals surface area (Å²) in [6.07, 6.45) is 0.769. The standard InChI is InChI=1S/C19H25N3O2S/c1-15-7-8-19(25-15)16(20-23)9-10-21-11-13-22(14-12-21)17-5-3-4-6-18(17)24-2/h3-8,23H,9-14H2,1-2H3/b20-16+. The normalized spacial score (nSPS) is 16.2. The predicted molar refractivity (Wildman–Crippen MR) is 104 cm³/mol. The van der Waals surface area contributed by atoms with Crippen LogP contribution in [0.15, 0.2) is 41.6 Å². The van der Waals surface area contributed by atoms with Crippen LogP contribution in [0.5, 0.6) is 5.75 Å². The third-order valence-electron chi connectivity index (χ3n) is 4.61. The molecule has 0 spiro atoms. The van der Waals surface area contributed by atoms with E-state index in [-0.39, 0.29) is 0 Å². The largest absolute Gasteiger partial charge is 0.495 e. The summed E-state index contributed by atoms with van der Waals surface area (Å²) in [7, 11) is 1.72. The van der Waals surface area contributed by atoms with Crippen LogP contribution >= 0.6 is 11.3 Å². The Kier molecular flexibility index (Phi) is 5.94. The van der Waals surface area contributed by atoms with Gasteiger partial charge in [-0.15, -0.1) is 11.3 Å². The molecule has 3 rings (SSSR count). The fraction of sp³-hybridized carbons (Fsp3) is 0.421. The van der Waals surface area contributed by atoms with Crippen molar-refractivity contribution in [1.82, 2.24) is 4.90 Å². The molecule has 1 aromatic heterocycles. The number of thiophene rings is 1. The number of benzene rings is 1. The van der Waals surface area contributed by atoms with Gasteiger partial charge in [-0.05, 0) is 31.2 Å². The number of rotatable bonds is 6. The van der Waals surface area contributed by atoms with Crippen molar-refractivity contribution in [1.29, 1.82) is 0 Å². The van der Waals surface area contributed by atoms with E-state index in [0.717, 1.165) is 61.2 Å². The van der Waals surface area contributed by atoms with E-state index in [2.05, 4.69) is 40.1 Å². The van der Waals surface area contributed by atoms with Gasteiger partial charge in [-0.1, -0.05) is 17.3 Å². The number of hydrogen-bond acceptors (Lipinski definition) is 6. The molecule has 1 aliphatic rings. The van der Waals surface area contributed by atoms with Crippen molar-refractivity contribution < 1.29 is 9.94 Å². The Morgan fingerprint density at radius 1 is 1.16 bits per heavy atom. The highest BCUT2D eigenvalue weighted by Gasteiger charge is 2.20. The molecule has 2 heterocycles. The monoisotopic (exact) mass is 359 g/mol. The molecule has 0 aliphatic carbocycles. The minimum atomic E-state index is 0.769. The van der Waals surface area contributed by atoms with E-state index in [9.17, 15) is 5.21 Å². The van der Waals surface area contributed by atoms with Crippen LogP contribution in [-0.2, 0) is 0 Å². The first-order valence-electron chi connectivity index (χ1n) is 8.59. The van der Waals surface area contributed by atoms with E-state index < -0.39 is 0 Å². The number of methoxy groups -OCH3 is 1. The van der Waals surface area contributed by atoms with E-state index in [1.54, 1.807) is 18.4 Å². The van der Waals surface area contributed by atoms with Crippen LogP contribution in [0.3, 0.4) is 0 Å². The summed E-state index contributed by atoms with van der Waals surface area (Å²) < 4.78 is 5.47. The van der Waals surface area contributed by atoms with E-state index in [1.165, 1.54) is 4.88 Å². The quantitative estimate of drug-likeness (QED) is 0.487. The number of para-hydroxylation sites is 2. The van der Waals surface area contributed by atoms with Crippen LogP contribution in [0.2, 0.25) is 0 Å². The molecule has 5 nitrogen and oxygen atoms in total. The smallest absolute Gasteiger partial charge is 0.142 e. The van der Waals surface area contributed by atoms with Crippen molar-refractivity contribution in [3.8, 4) is 5.75 Å². The predicted octanol–water partition coefficient (Wildman–Crippen LogP) is 3.46. The van der Waals surface area contributed by atoms with Crippen LogP contribution in [0.25, 0.3) is 0 Å². The van der Waals surface area contributed by atoms with Gasteiger partial charge in [-0.2, -0.15) is 0 Å². The minimum absolute atomic E-state index is 0.769. The Morgan fingerprint density at radius 3 is 2.56 bits per heavy atom. The van der Waals surface area contributed by atoms with E-state index in [4.69, 9.17) is 4.74 Å². The fourth-order valence-corrected chi connectivity index (χ4v) is 4.06. The molecular formula is C19H25N3O2S. The molecule has 0 atom stereocenters. The van der Waals surface area contributed by atoms with Crippen molar-refractivity contribution in [3.05, 3.63) is 46.2 Å². The molecule has 6 heteroatoms. The Morgan fingerprint density at radius 2 is 1.92 bits per heavy atom. The SMILES string of the molecule is COc1ccccc1N1CCN(CC/C(=N\O)c2ccc(C)s2)CC1. The number of nitrogens with zero attached hydrogens (tertiary/aromatic N) is 3. The molecule has 25 heavy (non-hydrogen) atoms. The summed E-state index contributed by atoms with van der Waals surface area (Å²) in [5, 5.41) is 12.8. The zero-order chi connectivity index (χ0) is 17.6. The van der Waals surface area contributed by atoms with Crippen LogP contribution in [0, 0.1) is 6.92 Å². The van der Waals surface area contributed by atoms with Gasteiger partial charge in [0.15, 0.2) is 0 Å². The molecule has 0 unspecified atom stereocenters. The maximum Gasteiger partial charge on any atom is 0.142 e.